The fourth-order valence-electron chi connectivity index (χ4n) is 2.12. The molecule has 0 bridgehead atoms. The average Bonchev–Trinajstić information content (AvgIpc) is 2.30. The van der Waals surface area contributed by atoms with Crippen molar-refractivity contribution in [3.8, 4) is 0 Å². The molecular weight excluding hydrogens is 210 g/mol. The van der Waals surface area contributed by atoms with Gasteiger partial charge in [0.1, 0.15) is 0 Å². The smallest absolute Gasteiger partial charge is 0.0881 e. The van der Waals surface area contributed by atoms with E-state index in [1.54, 1.807) is 0 Å². The van der Waals surface area contributed by atoms with Crippen LogP contribution in [0.15, 0.2) is 18.5 Å². The van der Waals surface area contributed by atoms with Gasteiger partial charge in [0.05, 0.1) is 6.10 Å². The molecule has 15 heavy (non-hydrogen) atoms. The predicted octanol–water partition coefficient (Wildman–Crippen LogP) is 3.10. The first-order valence-electron chi connectivity index (χ1n) is 5.41. The number of aryl methyl sites for hydroxylation is 1. The van der Waals surface area contributed by atoms with Crippen molar-refractivity contribution in [3.05, 3.63) is 29.6 Å². The summed E-state index contributed by atoms with van der Waals surface area (Å²) in [6.07, 6.45) is 6.14. The Labute approximate surface area is 95.6 Å². The van der Waals surface area contributed by atoms with Crippen LogP contribution in [0.4, 0.5) is 0 Å². The fraction of sp³-hybridized carbons (Fsp3) is 0.583. The van der Waals surface area contributed by atoms with Gasteiger partial charge < -0.3 is 4.74 Å². The zero-order valence-electron chi connectivity index (χ0n) is 8.95. The highest BCUT2D eigenvalue weighted by Crippen LogP contribution is 2.35. The SMILES string of the molecule is Cc1ccncc1C1OCCCC1CCl. The van der Waals surface area contributed by atoms with Crippen molar-refractivity contribution < 1.29 is 4.74 Å². The molecule has 0 aromatic carbocycles. The summed E-state index contributed by atoms with van der Waals surface area (Å²) in [5.74, 6) is 1.10. The summed E-state index contributed by atoms with van der Waals surface area (Å²) >= 11 is 5.98. The van der Waals surface area contributed by atoms with E-state index in [-0.39, 0.29) is 6.10 Å². The molecule has 2 atom stereocenters. The zero-order chi connectivity index (χ0) is 10.7. The molecule has 1 aliphatic heterocycles. The van der Waals surface area contributed by atoms with Gasteiger partial charge in [-0.15, -0.1) is 11.6 Å². The van der Waals surface area contributed by atoms with Crippen LogP contribution in [-0.2, 0) is 4.74 Å². The Balaban J connectivity index is 2.24. The molecule has 2 heterocycles. The molecule has 0 N–H and O–H groups in total. The van der Waals surface area contributed by atoms with Crippen molar-refractivity contribution in [2.75, 3.05) is 12.5 Å². The number of pyridine rings is 1. The van der Waals surface area contributed by atoms with Gasteiger partial charge in [0.2, 0.25) is 0 Å². The van der Waals surface area contributed by atoms with E-state index < -0.39 is 0 Å². The predicted molar refractivity (Wildman–Crippen MR) is 61.1 cm³/mol. The van der Waals surface area contributed by atoms with E-state index in [0.29, 0.717) is 11.8 Å². The third-order valence-electron chi connectivity index (χ3n) is 3.03. The minimum Gasteiger partial charge on any atom is -0.373 e. The van der Waals surface area contributed by atoms with E-state index in [1.807, 2.05) is 18.5 Å². The number of ether oxygens (including phenoxy) is 1. The third kappa shape index (κ3) is 2.32. The van der Waals surface area contributed by atoms with Crippen molar-refractivity contribution in [1.29, 1.82) is 0 Å². The lowest BCUT2D eigenvalue weighted by Gasteiger charge is -2.31. The van der Waals surface area contributed by atoms with Crippen molar-refractivity contribution in [3.63, 3.8) is 0 Å². The molecule has 1 fully saturated rings. The minimum atomic E-state index is 0.143. The molecule has 0 radical (unpaired) electrons. The summed E-state index contributed by atoms with van der Waals surface area (Å²) < 4.78 is 5.82. The fourth-order valence-corrected chi connectivity index (χ4v) is 2.44. The Kier molecular flexibility index (Phi) is 3.60. The maximum atomic E-state index is 5.98. The molecule has 1 aromatic heterocycles. The molecular formula is C12H16ClNO. The molecule has 2 rings (SSSR count). The van der Waals surface area contributed by atoms with Gasteiger partial charge in [-0.3, -0.25) is 4.98 Å². The van der Waals surface area contributed by atoms with Gasteiger partial charge in [0.25, 0.3) is 0 Å². The Morgan fingerprint density at radius 3 is 3.20 bits per heavy atom. The van der Waals surface area contributed by atoms with Crippen LogP contribution in [0.25, 0.3) is 0 Å². The van der Waals surface area contributed by atoms with Crippen LogP contribution in [-0.4, -0.2) is 17.5 Å². The van der Waals surface area contributed by atoms with E-state index in [9.17, 15) is 0 Å². The van der Waals surface area contributed by atoms with Crippen molar-refractivity contribution in [2.24, 2.45) is 5.92 Å². The average molecular weight is 226 g/mol. The van der Waals surface area contributed by atoms with Crippen LogP contribution in [0.1, 0.15) is 30.1 Å². The number of halogens is 1. The van der Waals surface area contributed by atoms with Crippen LogP contribution in [0.2, 0.25) is 0 Å². The molecule has 1 aliphatic rings. The zero-order valence-corrected chi connectivity index (χ0v) is 9.70. The van der Waals surface area contributed by atoms with Crippen molar-refractivity contribution in [1.82, 2.24) is 4.98 Å². The number of hydrogen-bond acceptors (Lipinski definition) is 2. The van der Waals surface area contributed by atoms with E-state index >= 15 is 0 Å². The topological polar surface area (TPSA) is 22.1 Å². The van der Waals surface area contributed by atoms with Gasteiger partial charge in [0, 0.05) is 36.4 Å². The van der Waals surface area contributed by atoms with E-state index in [4.69, 9.17) is 16.3 Å². The number of hydrogen-bond donors (Lipinski definition) is 0. The molecule has 82 valence electrons. The molecule has 0 aliphatic carbocycles. The molecule has 2 nitrogen and oxygen atoms in total. The van der Waals surface area contributed by atoms with Crippen molar-refractivity contribution in [2.45, 2.75) is 25.9 Å². The molecule has 3 heteroatoms. The molecule has 1 saturated heterocycles. The highest BCUT2D eigenvalue weighted by molar-refractivity contribution is 6.18. The van der Waals surface area contributed by atoms with E-state index in [1.165, 1.54) is 11.1 Å². The first kappa shape index (κ1) is 10.9. The molecule has 0 amide bonds. The second-order valence-electron chi connectivity index (χ2n) is 4.08. The minimum absolute atomic E-state index is 0.143. The third-order valence-corrected chi connectivity index (χ3v) is 3.43. The molecule has 0 saturated carbocycles. The number of aromatic nitrogens is 1. The summed E-state index contributed by atoms with van der Waals surface area (Å²) in [4.78, 5) is 4.17. The van der Waals surface area contributed by atoms with Gasteiger partial charge in [-0.2, -0.15) is 0 Å². The maximum absolute atomic E-state index is 5.98. The quantitative estimate of drug-likeness (QED) is 0.722. The molecule has 0 spiro atoms. The lowest BCUT2D eigenvalue weighted by Crippen LogP contribution is -2.24. The van der Waals surface area contributed by atoms with Gasteiger partial charge in [0.15, 0.2) is 0 Å². The standard InChI is InChI=1S/C12H16ClNO/c1-9-4-5-14-8-11(9)12-10(7-13)3-2-6-15-12/h4-5,8,10,12H,2-3,6-7H2,1H3. The second kappa shape index (κ2) is 4.95. The normalized spacial score (nSPS) is 26.5. The first-order valence-corrected chi connectivity index (χ1v) is 5.94. The van der Waals surface area contributed by atoms with Crippen LogP contribution in [0, 0.1) is 12.8 Å². The second-order valence-corrected chi connectivity index (χ2v) is 4.39. The summed E-state index contributed by atoms with van der Waals surface area (Å²) in [6, 6.07) is 2.03. The van der Waals surface area contributed by atoms with Crippen LogP contribution >= 0.6 is 11.6 Å². The summed E-state index contributed by atoms with van der Waals surface area (Å²) in [7, 11) is 0. The molecule has 2 unspecified atom stereocenters. The largest absolute Gasteiger partial charge is 0.373 e. The number of nitrogens with zero attached hydrogens (tertiary/aromatic N) is 1. The van der Waals surface area contributed by atoms with Crippen LogP contribution in [0.3, 0.4) is 0 Å². The monoisotopic (exact) mass is 225 g/mol. The first-order chi connectivity index (χ1) is 7.33. The Hall–Kier alpha value is -0.600. The van der Waals surface area contributed by atoms with Gasteiger partial charge in [-0.05, 0) is 31.4 Å². The van der Waals surface area contributed by atoms with Crippen LogP contribution < -0.4 is 0 Å². The summed E-state index contributed by atoms with van der Waals surface area (Å²) in [5.41, 5.74) is 2.44. The Bertz CT molecular complexity index is 329. The summed E-state index contributed by atoms with van der Waals surface area (Å²) in [6.45, 7) is 2.94. The lowest BCUT2D eigenvalue weighted by molar-refractivity contribution is -0.0213. The van der Waals surface area contributed by atoms with E-state index in [2.05, 4.69) is 11.9 Å². The van der Waals surface area contributed by atoms with Gasteiger partial charge in [-0.1, -0.05) is 0 Å². The number of rotatable bonds is 2. The number of alkyl halides is 1. The Morgan fingerprint density at radius 2 is 2.47 bits per heavy atom. The highest BCUT2D eigenvalue weighted by atomic mass is 35.5. The van der Waals surface area contributed by atoms with Gasteiger partial charge in [-0.25, -0.2) is 0 Å². The molecule has 1 aromatic rings. The van der Waals surface area contributed by atoms with E-state index in [0.717, 1.165) is 19.4 Å². The lowest BCUT2D eigenvalue weighted by atomic mass is 9.90. The van der Waals surface area contributed by atoms with Crippen molar-refractivity contribution >= 4 is 11.6 Å². The Morgan fingerprint density at radius 1 is 1.60 bits per heavy atom. The van der Waals surface area contributed by atoms with Crippen LogP contribution in [0.5, 0.6) is 0 Å². The summed E-state index contributed by atoms with van der Waals surface area (Å²) in [5, 5.41) is 0. The van der Waals surface area contributed by atoms with Gasteiger partial charge >= 0.3 is 0 Å². The highest BCUT2D eigenvalue weighted by Gasteiger charge is 2.27. The maximum Gasteiger partial charge on any atom is 0.0881 e.